The second kappa shape index (κ2) is 4.16. The molecule has 5 nitrogen and oxygen atoms in total. The molecule has 98 valence electrons. The number of nitrogens with zero attached hydrogens (tertiary/aromatic N) is 2. The first-order chi connectivity index (χ1) is 9.31. The summed E-state index contributed by atoms with van der Waals surface area (Å²) in [5, 5.41) is 5.73. The summed E-state index contributed by atoms with van der Waals surface area (Å²) in [7, 11) is 0. The minimum Gasteiger partial charge on any atom is -0.348 e. The molecule has 1 amide bonds. The van der Waals surface area contributed by atoms with E-state index in [9.17, 15) is 4.79 Å². The first kappa shape index (κ1) is 11.2. The maximum atomic E-state index is 12.1. The molecule has 0 aliphatic heterocycles. The van der Waals surface area contributed by atoms with Gasteiger partial charge in [-0.3, -0.25) is 4.79 Å². The summed E-state index contributed by atoms with van der Waals surface area (Å²) in [4.78, 5) is 23.6. The van der Waals surface area contributed by atoms with Gasteiger partial charge in [-0.2, -0.15) is 0 Å². The third kappa shape index (κ3) is 2.16. The lowest BCUT2D eigenvalue weighted by Gasteiger charge is -1.99. The SMILES string of the molecule is O=C(Nc1nc(C2CC2)cs1)[C@@H]1C[C@H]1c1cnc[nH]1. The Morgan fingerprint density at radius 3 is 3.11 bits per heavy atom. The second-order valence-electron chi connectivity index (χ2n) is 5.30. The molecule has 0 aromatic carbocycles. The Labute approximate surface area is 114 Å². The molecule has 2 aromatic heterocycles. The van der Waals surface area contributed by atoms with Crippen LogP contribution < -0.4 is 5.32 Å². The van der Waals surface area contributed by atoms with Crippen molar-refractivity contribution in [1.82, 2.24) is 15.0 Å². The van der Waals surface area contributed by atoms with E-state index in [2.05, 4.69) is 25.6 Å². The molecular formula is C13H14N4OS. The fraction of sp³-hybridized carbons (Fsp3) is 0.462. The third-order valence-electron chi connectivity index (χ3n) is 3.79. The van der Waals surface area contributed by atoms with Crippen molar-refractivity contribution in [3.05, 3.63) is 29.3 Å². The Hall–Kier alpha value is -1.69. The average Bonchev–Trinajstić information content (AvgIpc) is 3.32. The Balaban J connectivity index is 1.39. The van der Waals surface area contributed by atoms with E-state index in [0.29, 0.717) is 11.8 Å². The molecule has 2 aliphatic rings. The lowest BCUT2D eigenvalue weighted by molar-refractivity contribution is -0.117. The van der Waals surface area contributed by atoms with Crippen LogP contribution in [0, 0.1) is 5.92 Å². The van der Waals surface area contributed by atoms with Gasteiger partial charge in [-0.05, 0) is 19.3 Å². The van der Waals surface area contributed by atoms with Gasteiger partial charge in [0.2, 0.25) is 5.91 Å². The van der Waals surface area contributed by atoms with Gasteiger partial charge in [0.25, 0.3) is 0 Å². The molecule has 0 spiro atoms. The smallest absolute Gasteiger partial charge is 0.229 e. The van der Waals surface area contributed by atoms with E-state index >= 15 is 0 Å². The second-order valence-corrected chi connectivity index (χ2v) is 6.15. The molecule has 0 unspecified atom stereocenters. The molecule has 2 heterocycles. The van der Waals surface area contributed by atoms with Gasteiger partial charge in [0, 0.05) is 35.0 Å². The van der Waals surface area contributed by atoms with E-state index in [-0.39, 0.29) is 11.8 Å². The molecule has 2 N–H and O–H groups in total. The van der Waals surface area contributed by atoms with Crippen LogP contribution in [0.2, 0.25) is 0 Å². The molecule has 2 aliphatic carbocycles. The van der Waals surface area contributed by atoms with Gasteiger partial charge in [0.1, 0.15) is 0 Å². The zero-order chi connectivity index (χ0) is 12.8. The quantitative estimate of drug-likeness (QED) is 0.899. The summed E-state index contributed by atoms with van der Waals surface area (Å²) in [6.45, 7) is 0. The zero-order valence-corrected chi connectivity index (χ0v) is 11.1. The van der Waals surface area contributed by atoms with E-state index in [1.54, 1.807) is 12.5 Å². The Morgan fingerprint density at radius 2 is 2.37 bits per heavy atom. The van der Waals surface area contributed by atoms with Crippen molar-refractivity contribution < 1.29 is 4.79 Å². The van der Waals surface area contributed by atoms with Crippen molar-refractivity contribution in [2.45, 2.75) is 31.1 Å². The fourth-order valence-electron chi connectivity index (χ4n) is 2.41. The predicted octanol–water partition coefficient (Wildman–Crippen LogP) is 2.49. The summed E-state index contributed by atoms with van der Waals surface area (Å²) in [6.07, 6.45) is 6.83. The molecule has 6 heteroatoms. The van der Waals surface area contributed by atoms with E-state index in [1.165, 1.54) is 24.2 Å². The largest absolute Gasteiger partial charge is 0.348 e. The summed E-state index contributed by atoms with van der Waals surface area (Å²) in [5.41, 5.74) is 2.19. The van der Waals surface area contributed by atoms with Crippen LogP contribution >= 0.6 is 11.3 Å². The highest BCUT2D eigenvalue weighted by molar-refractivity contribution is 7.13. The molecule has 4 rings (SSSR count). The van der Waals surface area contributed by atoms with Crippen LogP contribution in [0.25, 0.3) is 0 Å². The van der Waals surface area contributed by atoms with Crippen LogP contribution in [-0.2, 0) is 4.79 Å². The number of aromatic nitrogens is 3. The molecule has 2 aromatic rings. The zero-order valence-electron chi connectivity index (χ0n) is 10.3. The number of amides is 1. The number of aromatic amines is 1. The van der Waals surface area contributed by atoms with E-state index < -0.39 is 0 Å². The van der Waals surface area contributed by atoms with Gasteiger partial charge >= 0.3 is 0 Å². The van der Waals surface area contributed by atoms with Crippen molar-refractivity contribution in [3.63, 3.8) is 0 Å². The summed E-state index contributed by atoms with van der Waals surface area (Å²) < 4.78 is 0. The minimum atomic E-state index is 0.0636. The van der Waals surface area contributed by atoms with Crippen molar-refractivity contribution in [2.75, 3.05) is 5.32 Å². The maximum Gasteiger partial charge on any atom is 0.229 e. The molecule has 2 fully saturated rings. The third-order valence-corrected chi connectivity index (χ3v) is 4.57. The number of carbonyl (C=O) groups is 1. The van der Waals surface area contributed by atoms with Crippen LogP contribution in [0.5, 0.6) is 0 Å². The fourth-order valence-corrected chi connectivity index (χ4v) is 3.20. The van der Waals surface area contributed by atoms with E-state index in [0.717, 1.165) is 22.9 Å². The average molecular weight is 274 g/mol. The van der Waals surface area contributed by atoms with Crippen LogP contribution in [0.4, 0.5) is 5.13 Å². The van der Waals surface area contributed by atoms with Crippen molar-refractivity contribution in [3.8, 4) is 0 Å². The normalized spacial score (nSPS) is 25.3. The van der Waals surface area contributed by atoms with Crippen LogP contribution in [0.1, 0.15) is 42.5 Å². The summed E-state index contributed by atoms with van der Waals surface area (Å²) in [6, 6.07) is 0. The molecule has 0 radical (unpaired) electrons. The highest BCUT2D eigenvalue weighted by Crippen LogP contribution is 2.47. The molecule has 2 atom stereocenters. The highest BCUT2D eigenvalue weighted by Gasteiger charge is 2.45. The first-order valence-electron chi connectivity index (χ1n) is 6.56. The molecule has 19 heavy (non-hydrogen) atoms. The molecule has 0 saturated heterocycles. The lowest BCUT2D eigenvalue weighted by atomic mass is 10.2. The number of imidazole rings is 1. The Kier molecular flexibility index (Phi) is 2.44. The minimum absolute atomic E-state index is 0.0636. The van der Waals surface area contributed by atoms with Gasteiger partial charge in [0.05, 0.1) is 12.0 Å². The number of hydrogen-bond donors (Lipinski definition) is 2. The Bertz CT molecular complexity index is 602. The van der Waals surface area contributed by atoms with Gasteiger partial charge in [-0.15, -0.1) is 11.3 Å². The summed E-state index contributed by atoms with van der Waals surface area (Å²) >= 11 is 1.53. The summed E-state index contributed by atoms with van der Waals surface area (Å²) in [5.74, 6) is 1.08. The molecule has 2 saturated carbocycles. The maximum absolute atomic E-state index is 12.1. The van der Waals surface area contributed by atoms with Crippen molar-refractivity contribution in [2.24, 2.45) is 5.92 Å². The van der Waals surface area contributed by atoms with E-state index in [4.69, 9.17) is 0 Å². The van der Waals surface area contributed by atoms with Crippen molar-refractivity contribution in [1.29, 1.82) is 0 Å². The highest BCUT2D eigenvalue weighted by atomic mass is 32.1. The monoisotopic (exact) mass is 274 g/mol. The number of thiazole rings is 1. The first-order valence-corrected chi connectivity index (χ1v) is 7.44. The lowest BCUT2D eigenvalue weighted by Crippen LogP contribution is -2.14. The van der Waals surface area contributed by atoms with E-state index in [1.807, 2.05) is 0 Å². The number of nitrogens with one attached hydrogen (secondary N) is 2. The number of hydrogen-bond acceptors (Lipinski definition) is 4. The van der Waals surface area contributed by atoms with Gasteiger partial charge in [-0.25, -0.2) is 9.97 Å². The van der Waals surface area contributed by atoms with Crippen LogP contribution in [0.15, 0.2) is 17.9 Å². The van der Waals surface area contributed by atoms with Gasteiger partial charge in [-0.1, -0.05) is 0 Å². The number of anilines is 1. The predicted molar refractivity (Wildman–Crippen MR) is 72.2 cm³/mol. The standard InChI is InChI=1S/C13H14N4OS/c18-12(9-3-8(9)10-4-14-6-15-10)17-13-16-11(5-19-13)7-1-2-7/h4-9H,1-3H2,(H,14,15)(H,16,17,18)/t8-,9-/m1/s1. The van der Waals surface area contributed by atoms with Crippen molar-refractivity contribution >= 4 is 22.4 Å². The Morgan fingerprint density at radius 1 is 1.47 bits per heavy atom. The number of rotatable bonds is 4. The van der Waals surface area contributed by atoms with Crippen LogP contribution in [-0.4, -0.2) is 20.9 Å². The number of H-pyrrole nitrogens is 1. The van der Waals surface area contributed by atoms with Crippen LogP contribution in [0.3, 0.4) is 0 Å². The van der Waals surface area contributed by atoms with Gasteiger partial charge < -0.3 is 10.3 Å². The topological polar surface area (TPSA) is 70.7 Å². The molecular weight excluding hydrogens is 260 g/mol. The van der Waals surface area contributed by atoms with Gasteiger partial charge in [0.15, 0.2) is 5.13 Å². The molecule has 0 bridgehead atoms. The number of carbonyl (C=O) groups excluding carboxylic acids is 1.